The molecule has 3 aliphatic rings. The van der Waals surface area contributed by atoms with Crippen LogP contribution < -0.4 is 4.90 Å². The molecule has 3 aliphatic carbocycles. The molecule has 0 aliphatic heterocycles. The van der Waals surface area contributed by atoms with Crippen LogP contribution in [0.4, 0.5) is 17.1 Å². The summed E-state index contributed by atoms with van der Waals surface area (Å²) in [5.41, 5.74) is 15.5. The normalized spacial score (nSPS) is 15.2. The summed E-state index contributed by atoms with van der Waals surface area (Å²) >= 11 is 0. The van der Waals surface area contributed by atoms with Gasteiger partial charge in [-0.05, 0) is 150 Å². The molecule has 9 aromatic rings. The third-order valence-corrected chi connectivity index (χ3v) is 13.4. The van der Waals surface area contributed by atoms with Gasteiger partial charge >= 0.3 is 0 Å². The van der Waals surface area contributed by atoms with Crippen molar-refractivity contribution in [1.82, 2.24) is 0 Å². The molecule has 0 saturated heterocycles. The Balaban J connectivity index is 1.13. The van der Waals surface area contributed by atoms with Crippen LogP contribution in [-0.2, 0) is 5.41 Å². The van der Waals surface area contributed by atoms with Gasteiger partial charge in [0.15, 0.2) is 0 Å². The van der Waals surface area contributed by atoms with Crippen LogP contribution in [0.3, 0.4) is 0 Å². The number of hydrogen-bond acceptors (Lipinski definition) is 1. The van der Waals surface area contributed by atoms with Gasteiger partial charge in [0.2, 0.25) is 0 Å². The molecule has 1 fully saturated rings. The first kappa shape index (κ1) is 31.9. The van der Waals surface area contributed by atoms with Gasteiger partial charge in [-0.25, -0.2) is 0 Å². The van der Waals surface area contributed by atoms with Crippen molar-refractivity contribution in [3.05, 3.63) is 210 Å². The van der Waals surface area contributed by atoms with Gasteiger partial charge in [0.05, 0.1) is 5.41 Å². The fourth-order valence-electron chi connectivity index (χ4n) is 11.0. The number of anilines is 3. The lowest BCUT2D eigenvalue weighted by Gasteiger charge is -2.32. The van der Waals surface area contributed by atoms with Gasteiger partial charge < -0.3 is 4.90 Å². The molecule has 0 bridgehead atoms. The van der Waals surface area contributed by atoms with Crippen molar-refractivity contribution in [2.24, 2.45) is 0 Å². The van der Waals surface area contributed by atoms with Crippen molar-refractivity contribution >= 4 is 49.4 Å². The highest BCUT2D eigenvalue weighted by molar-refractivity contribution is 6.20. The zero-order valence-electron chi connectivity index (χ0n) is 31.4. The average Bonchev–Trinajstić information content (AvgIpc) is 3.74. The van der Waals surface area contributed by atoms with E-state index in [0.29, 0.717) is 5.92 Å². The van der Waals surface area contributed by atoms with Crippen molar-refractivity contribution in [1.29, 1.82) is 0 Å². The summed E-state index contributed by atoms with van der Waals surface area (Å²) in [7, 11) is 0. The van der Waals surface area contributed by atoms with Crippen LogP contribution >= 0.6 is 0 Å². The number of hydrogen-bond donors (Lipinski definition) is 0. The molecule has 9 aromatic carbocycles. The first-order valence-electron chi connectivity index (χ1n) is 20.5. The lowest BCUT2D eigenvalue weighted by Crippen LogP contribution is -2.26. The summed E-state index contributed by atoms with van der Waals surface area (Å²) in [4.78, 5) is 2.43. The summed E-state index contributed by atoms with van der Waals surface area (Å²) < 4.78 is 0. The fraction of sp³-hybridized carbons (Fsp3) is 0.127. The molecule has 1 saturated carbocycles. The molecule has 0 amide bonds. The Morgan fingerprint density at radius 2 is 0.964 bits per heavy atom. The number of fused-ring (bicyclic) bond motifs is 16. The monoisotopic (exact) mass is 715 g/mol. The number of nitrogens with zero attached hydrogens (tertiary/aromatic N) is 1. The molecule has 12 rings (SSSR count). The topological polar surface area (TPSA) is 3.24 Å². The molecule has 56 heavy (non-hydrogen) atoms. The molecule has 1 nitrogen and oxygen atoms in total. The van der Waals surface area contributed by atoms with Crippen molar-refractivity contribution in [2.45, 2.75) is 43.4 Å². The summed E-state index contributed by atoms with van der Waals surface area (Å²) in [5.74, 6) is 0.683. The van der Waals surface area contributed by atoms with Crippen molar-refractivity contribution in [3.63, 3.8) is 0 Å². The first-order valence-corrected chi connectivity index (χ1v) is 20.5. The van der Waals surface area contributed by atoms with E-state index in [0.717, 1.165) is 0 Å². The largest absolute Gasteiger partial charge is 0.310 e. The molecular formula is C55H41N. The molecule has 1 spiro atoms. The Kier molecular flexibility index (Phi) is 6.99. The quantitative estimate of drug-likeness (QED) is 0.164. The molecule has 0 aromatic heterocycles. The molecule has 0 heterocycles. The van der Waals surface area contributed by atoms with Crippen molar-refractivity contribution < 1.29 is 0 Å². The van der Waals surface area contributed by atoms with Crippen molar-refractivity contribution in [3.8, 4) is 22.3 Å². The van der Waals surface area contributed by atoms with Crippen LogP contribution in [0, 0.1) is 0 Å². The van der Waals surface area contributed by atoms with Gasteiger partial charge in [-0.3, -0.25) is 0 Å². The van der Waals surface area contributed by atoms with Gasteiger partial charge in [0, 0.05) is 17.1 Å². The number of rotatable bonds is 4. The lowest BCUT2D eigenvalue weighted by atomic mass is 9.69. The molecule has 266 valence electrons. The highest BCUT2D eigenvalue weighted by Gasteiger charge is 2.53. The SMILES string of the molecule is c1ccc(N(c2ccc(C3CCCCC3)cc2)c2ccc3cc4c(cc3c2)C2(c3ccccc3-c3ccccc32)c2c-4c3ccccc3c3ccccc23)cc1. The number of benzene rings is 9. The van der Waals surface area contributed by atoms with E-state index in [1.54, 1.807) is 0 Å². The predicted molar refractivity (Wildman–Crippen MR) is 236 cm³/mol. The van der Waals surface area contributed by atoms with E-state index < -0.39 is 5.41 Å². The second-order valence-corrected chi connectivity index (χ2v) is 16.2. The maximum absolute atomic E-state index is 2.55. The standard InChI is InChI=1S/C55H41N/c1-3-15-36(16-4-1)37-27-30-41(31-28-37)56(40-17-5-2-6-18-40)42-32-29-38-34-49-52(35-39(38)33-42)55(50-25-13-11-21-45(50)46-22-12-14-26-51(46)55)54-48-24-10-8-20-44(48)43-19-7-9-23-47(43)53(49)54/h2,5-14,17-36H,1,3-4,15-16H2. The van der Waals surface area contributed by atoms with Crippen LogP contribution in [0.15, 0.2) is 182 Å². The third kappa shape index (κ3) is 4.43. The van der Waals surface area contributed by atoms with Crippen molar-refractivity contribution in [2.75, 3.05) is 4.90 Å². The van der Waals surface area contributed by atoms with Crippen LogP contribution in [0.1, 0.15) is 65.8 Å². The molecular weight excluding hydrogens is 675 g/mol. The molecule has 0 unspecified atom stereocenters. The summed E-state index contributed by atoms with van der Waals surface area (Å²) in [6, 6.07) is 69.0. The average molecular weight is 716 g/mol. The smallest absolute Gasteiger partial charge is 0.0731 e. The zero-order chi connectivity index (χ0) is 36.8. The lowest BCUT2D eigenvalue weighted by molar-refractivity contribution is 0.443. The fourth-order valence-corrected chi connectivity index (χ4v) is 11.0. The minimum atomic E-state index is -0.459. The molecule has 0 atom stereocenters. The second-order valence-electron chi connectivity index (χ2n) is 16.2. The van der Waals surface area contributed by atoms with E-state index in [1.807, 2.05) is 0 Å². The highest BCUT2D eigenvalue weighted by Crippen LogP contribution is 2.65. The summed E-state index contributed by atoms with van der Waals surface area (Å²) in [6.07, 6.45) is 6.69. The van der Waals surface area contributed by atoms with Crippen LogP contribution in [0.25, 0.3) is 54.6 Å². The minimum absolute atomic E-state index is 0.459. The Bertz CT molecular complexity index is 2960. The van der Waals surface area contributed by atoms with E-state index in [9.17, 15) is 0 Å². The summed E-state index contributed by atoms with van der Waals surface area (Å²) in [6.45, 7) is 0. The Morgan fingerprint density at radius 3 is 1.68 bits per heavy atom. The second kappa shape index (κ2) is 12.3. The minimum Gasteiger partial charge on any atom is -0.310 e. The van der Waals surface area contributed by atoms with Gasteiger partial charge in [-0.1, -0.05) is 153 Å². The highest BCUT2D eigenvalue weighted by atomic mass is 15.1. The van der Waals surface area contributed by atoms with E-state index >= 15 is 0 Å². The predicted octanol–water partition coefficient (Wildman–Crippen LogP) is 15.0. The van der Waals surface area contributed by atoms with Crippen LogP contribution in [0.2, 0.25) is 0 Å². The maximum Gasteiger partial charge on any atom is 0.0731 e. The Labute approximate surface area is 328 Å². The summed E-state index contributed by atoms with van der Waals surface area (Å²) in [5, 5.41) is 7.80. The van der Waals surface area contributed by atoms with Gasteiger partial charge in [-0.15, -0.1) is 0 Å². The van der Waals surface area contributed by atoms with E-state index in [1.165, 1.54) is 132 Å². The van der Waals surface area contributed by atoms with E-state index in [-0.39, 0.29) is 0 Å². The zero-order valence-corrected chi connectivity index (χ0v) is 31.4. The molecule has 0 N–H and O–H groups in total. The maximum atomic E-state index is 2.55. The van der Waals surface area contributed by atoms with Gasteiger partial charge in [0.25, 0.3) is 0 Å². The third-order valence-electron chi connectivity index (χ3n) is 13.4. The van der Waals surface area contributed by atoms with Gasteiger partial charge in [0.1, 0.15) is 0 Å². The van der Waals surface area contributed by atoms with Gasteiger partial charge in [-0.2, -0.15) is 0 Å². The Morgan fingerprint density at radius 1 is 0.393 bits per heavy atom. The van der Waals surface area contributed by atoms with E-state index in [4.69, 9.17) is 0 Å². The van der Waals surface area contributed by atoms with Crippen LogP contribution in [-0.4, -0.2) is 0 Å². The molecule has 1 heteroatoms. The van der Waals surface area contributed by atoms with Crippen LogP contribution in [0.5, 0.6) is 0 Å². The number of para-hydroxylation sites is 1. The molecule has 0 radical (unpaired) electrons. The Hall–Kier alpha value is -6.44. The first-order chi connectivity index (χ1) is 27.8. The van der Waals surface area contributed by atoms with E-state index in [2.05, 4.69) is 187 Å².